The highest BCUT2D eigenvalue weighted by Gasteiger charge is 2.24. The van der Waals surface area contributed by atoms with Crippen LogP contribution in [0.1, 0.15) is 58.8 Å². The van der Waals surface area contributed by atoms with Crippen molar-refractivity contribution in [3.63, 3.8) is 0 Å². The molecule has 1 saturated carbocycles. The number of aliphatic hydroxyl groups excluding tert-OH is 1. The maximum Gasteiger partial charge on any atom is 0.308 e. The van der Waals surface area contributed by atoms with E-state index in [0.29, 0.717) is 132 Å². The van der Waals surface area contributed by atoms with Gasteiger partial charge >= 0.3 is 5.97 Å². The molecule has 0 saturated heterocycles. The van der Waals surface area contributed by atoms with Gasteiger partial charge in [0.2, 0.25) is 0 Å². The molecule has 1 aliphatic carbocycles. The minimum atomic E-state index is -0.126. The minimum Gasteiger partial charge on any atom is -0.463 e. The average Bonchev–Trinajstić information content (AvgIpc) is 3.92. The SMILES string of the molecule is CCC(CCCC(C)C(=O)OCCOCCOCCOCCOCCOCCOCCOCCOCCOCCOCCO)CC1CC1. The Balaban J connectivity index is 1.68. The molecule has 0 radical (unpaired) electrons. The fraction of sp³-hybridized carbons (Fsp3) is 0.971. The highest BCUT2D eigenvalue weighted by molar-refractivity contribution is 5.71. The summed E-state index contributed by atoms with van der Waals surface area (Å²) in [5.74, 6) is 1.61. The zero-order valence-corrected chi connectivity index (χ0v) is 30.1. The second-order valence-electron chi connectivity index (χ2n) is 11.8. The Labute approximate surface area is 289 Å². The lowest BCUT2D eigenvalue weighted by atomic mass is 9.91. The van der Waals surface area contributed by atoms with E-state index < -0.39 is 0 Å². The van der Waals surface area contributed by atoms with Gasteiger partial charge < -0.3 is 57.2 Å². The predicted molar refractivity (Wildman–Crippen MR) is 180 cm³/mol. The van der Waals surface area contributed by atoms with Crippen molar-refractivity contribution < 1.29 is 62.0 Å². The lowest BCUT2D eigenvalue weighted by molar-refractivity contribution is -0.149. The van der Waals surface area contributed by atoms with Crippen molar-refractivity contribution in [3.05, 3.63) is 0 Å². The van der Waals surface area contributed by atoms with Crippen molar-refractivity contribution in [3.8, 4) is 0 Å². The summed E-state index contributed by atoms with van der Waals surface area (Å²) in [4.78, 5) is 12.2. The molecule has 2 atom stereocenters. The van der Waals surface area contributed by atoms with E-state index >= 15 is 0 Å². The zero-order chi connectivity index (χ0) is 34.6. The smallest absolute Gasteiger partial charge is 0.308 e. The van der Waals surface area contributed by atoms with Crippen molar-refractivity contribution in [2.45, 2.75) is 58.8 Å². The highest BCUT2D eigenvalue weighted by atomic mass is 16.6. The largest absolute Gasteiger partial charge is 0.463 e. The quantitative estimate of drug-likeness (QED) is 0.0741. The van der Waals surface area contributed by atoms with Crippen molar-refractivity contribution in [1.82, 2.24) is 0 Å². The molecule has 1 fully saturated rings. The highest BCUT2D eigenvalue weighted by Crippen LogP contribution is 2.37. The van der Waals surface area contributed by atoms with Gasteiger partial charge in [-0.15, -0.1) is 0 Å². The van der Waals surface area contributed by atoms with E-state index in [0.717, 1.165) is 24.7 Å². The molecular formula is C35H68O13. The van der Waals surface area contributed by atoms with Crippen LogP contribution < -0.4 is 0 Å². The molecule has 0 heterocycles. The molecule has 1 rings (SSSR count). The number of esters is 1. The lowest BCUT2D eigenvalue weighted by Gasteiger charge is -2.16. The molecule has 0 amide bonds. The van der Waals surface area contributed by atoms with Crippen LogP contribution in [0.2, 0.25) is 0 Å². The number of carbonyl (C=O) groups excluding carboxylic acids is 1. The fourth-order valence-electron chi connectivity index (χ4n) is 4.63. The maximum absolute atomic E-state index is 12.2. The first-order valence-electron chi connectivity index (χ1n) is 18.2. The molecule has 0 aliphatic heterocycles. The molecule has 0 aromatic heterocycles. The normalized spacial score (nSPS) is 14.4. The van der Waals surface area contributed by atoms with E-state index in [4.69, 9.17) is 57.2 Å². The Kier molecular flexibility index (Phi) is 33.6. The van der Waals surface area contributed by atoms with E-state index in [-0.39, 0.29) is 25.1 Å². The van der Waals surface area contributed by atoms with Gasteiger partial charge in [0.15, 0.2) is 0 Å². The molecule has 1 aliphatic rings. The van der Waals surface area contributed by atoms with E-state index in [1.54, 1.807) is 0 Å². The first-order valence-corrected chi connectivity index (χ1v) is 18.2. The van der Waals surface area contributed by atoms with Crippen LogP contribution in [0.15, 0.2) is 0 Å². The summed E-state index contributed by atoms with van der Waals surface area (Å²) in [7, 11) is 0. The van der Waals surface area contributed by atoms with Crippen LogP contribution in [0, 0.1) is 17.8 Å². The molecule has 0 bridgehead atoms. The van der Waals surface area contributed by atoms with Crippen LogP contribution in [0.3, 0.4) is 0 Å². The van der Waals surface area contributed by atoms with Crippen LogP contribution in [-0.4, -0.2) is 156 Å². The maximum atomic E-state index is 12.2. The third-order valence-corrected chi connectivity index (χ3v) is 7.65. The third kappa shape index (κ3) is 32.2. The average molecular weight is 697 g/mol. The van der Waals surface area contributed by atoms with Gasteiger partial charge in [-0.05, 0) is 24.7 Å². The molecule has 0 spiro atoms. The van der Waals surface area contributed by atoms with Crippen LogP contribution >= 0.6 is 0 Å². The summed E-state index contributed by atoms with van der Waals surface area (Å²) < 4.78 is 59.5. The van der Waals surface area contributed by atoms with Crippen molar-refractivity contribution >= 4 is 5.97 Å². The Morgan fingerprint density at radius 2 is 0.875 bits per heavy atom. The molecule has 13 heteroatoms. The zero-order valence-electron chi connectivity index (χ0n) is 30.1. The van der Waals surface area contributed by atoms with Gasteiger partial charge in [0.1, 0.15) is 6.61 Å². The van der Waals surface area contributed by atoms with Gasteiger partial charge in [0.05, 0.1) is 145 Å². The van der Waals surface area contributed by atoms with Crippen LogP contribution in [0.25, 0.3) is 0 Å². The second kappa shape index (κ2) is 35.8. The Morgan fingerprint density at radius 3 is 1.19 bits per heavy atom. The lowest BCUT2D eigenvalue weighted by Crippen LogP contribution is -2.19. The van der Waals surface area contributed by atoms with Gasteiger partial charge in [-0.3, -0.25) is 4.79 Å². The molecule has 13 nitrogen and oxygen atoms in total. The fourth-order valence-corrected chi connectivity index (χ4v) is 4.63. The number of carbonyl (C=O) groups is 1. The van der Waals surface area contributed by atoms with Gasteiger partial charge in [-0.1, -0.05) is 46.0 Å². The third-order valence-electron chi connectivity index (χ3n) is 7.65. The number of aliphatic hydroxyl groups is 1. The van der Waals surface area contributed by atoms with Crippen molar-refractivity contribution in [2.24, 2.45) is 17.8 Å². The van der Waals surface area contributed by atoms with Gasteiger partial charge in [0, 0.05) is 0 Å². The van der Waals surface area contributed by atoms with Crippen molar-refractivity contribution in [2.75, 3.05) is 145 Å². The van der Waals surface area contributed by atoms with Gasteiger partial charge in [-0.2, -0.15) is 0 Å². The predicted octanol–water partition coefficient (Wildman–Crippen LogP) is 3.32. The summed E-state index contributed by atoms with van der Waals surface area (Å²) >= 11 is 0. The topological polar surface area (TPSA) is 139 Å². The number of ether oxygens (including phenoxy) is 11. The Bertz CT molecular complexity index is 668. The summed E-state index contributed by atoms with van der Waals surface area (Å²) in [5.41, 5.74) is 0. The van der Waals surface area contributed by atoms with Gasteiger partial charge in [0.25, 0.3) is 0 Å². The van der Waals surface area contributed by atoms with E-state index in [1.807, 2.05) is 6.92 Å². The second-order valence-corrected chi connectivity index (χ2v) is 11.8. The van der Waals surface area contributed by atoms with Crippen LogP contribution in [0.4, 0.5) is 0 Å². The molecule has 1 N–H and O–H groups in total. The molecule has 2 unspecified atom stereocenters. The first-order chi connectivity index (χ1) is 23.7. The summed E-state index contributed by atoms with van der Waals surface area (Å²) in [6.07, 6.45) is 8.66. The van der Waals surface area contributed by atoms with E-state index in [9.17, 15) is 4.79 Å². The Hall–Kier alpha value is -0.970. The van der Waals surface area contributed by atoms with Crippen LogP contribution in [-0.2, 0) is 56.9 Å². The Morgan fingerprint density at radius 1 is 0.542 bits per heavy atom. The standard InChI is InChI=1S/C35H68O13/c1-3-33(31-34-7-8-34)6-4-5-32(2)35(37)48-30-29-47-28-27-46-26-25-45-24-23-44-22-21-43-20-19-42-18-17-41-16-15-40-14-13-39-12-11-38-10-9-36/h32-34,36H,3-31H2,1-2H3. The number of hydrogen-bond acceptors (Lipinski definition) is 13. The molecular weight excluding hydrogens is 628 g/mol. The summed E-state index contributed by atoms with van der Waals surface area (Å²) in [6, 6.07) is 0. The minimum absolute atomic E-state index is 0.0238. The monoisotopic (exact) mass is 696 g/mol. The van der Waals surface area contributed by atoms with E-state index in [1.165, 1.54) is 32.1 Å². The van der Waals surface area contributed by atoms with E-state index in [2.05, 4.69) is 6.92 Å². The summed E-state index contributed by atoms with van der Waals surface area (Å²) in [6.45, 7) is 14.1. The first kappa shape index (κ1) is 45.1. The number of hydrogen-bond donors (Lipinski definition) is 1. The molecule has 0 aromatic rings. The molecule has 286 valence electrons. The van der Waals surface area contributed by atoms with Crippen molar-refractivity contribution in [1.29, 1.82) is 0 Å². The summed E-state index contributed by atoms with van der Waals surface area (Å²) in [5, 5.41) is 8.58. The molecule has 48 heavy (non-hydrogen) atoms. The van der Waals surface area contributed by atoms with Gasteiger partial charge in [-0.25, -0.2) is 0 Å². The number of rotatable bonds is 40. The molecule has 0 aromatic carbocycles. The van der Waals surface area contributed by atoms with Crippen LogP contribution in [0.5, 0.6) is 0 Å².